The van der Waals surface area contributed by atoms with Crippen LogP contribution < -0.4 is 5.32 Å². The molecule has 0 aliphatic carbocycles. The van der Waals surface area contributed by atoms with Gasteiger partial charge in [-0.2, -0.15) is 0 Å². The Morgan fingerprint density at radius 2 is 1.73 bits per heavy atom. The largest absolute Gasteiger partial charge is 0.324 e. The SMILES string of the molecule is CC(C)C(CN1CC(=O)NC1=O)C(C)C. The van der Waals surface area contributed by atoms with Gasteiger partial charge in [0.25, 0.3) is 0 Å². The van der Waals surface area contributed by atoms with Gasteiger partial charge in [-0.15, -0.1) is 0 Å². The Bertz CT molecular complexity index is 253. The van der Waals surface area contributed by atoms with Crippen molar-refractivity contribution in [1.82, 2.24) is 10.2 Å². The van der Waals surface area contributed by atoms with Crippen molar-refractivity contribution in [3.63, 3.8) is 0 Å². The van der Waals surface area contributed by atoms with Crippen molar-refractivity contribution >= 4 is 11.9 Å². The van der Waals surface area contributed by atoms with Crippen molar-refractivity contribution in [2.45, 2.75) is 27.7 Å². The number of nitrogens with zero attached hydrogens (tertiary/aromatic N) is 1. The first-order valence-corrected chi connectivity index (χ1v) is 5.50. The van der Waals surface area contributed by atoms with E-state index in [1.165, 1.54) is 0 Å². The first kappa shape index (κ1) is 12.0. The third kappa shape index (κ3) is 2.94. The van der Waals surface area contributed by atoms with E-state index in [1.54, 1.807) is 4.90 Å². The number of rotatable bonds is 4. The summed E-state index contributed by atoms with van der Waals surface area (Å²) < 4.78 is 0. The zero-order chi connectivity index (χ0) is 11.6. The van der Waals surface area contributed by atoms with Gasteiger partial charge in [0.1, 0.15) is 6.54 Å². The van der Waals surface area contributed by atoms with E-state index in [0.29, 0.717) is 24.3 Å². The molecule has 0 atom stereocenters. The number of urea groups is 1. The van der Waals surface area contributed by atoms with Gasteiger partial charge in [0.2, 0.25) is 5.91 Å². The molecule has 3 amide bonds. The predicted octanol–water partition coefficient (Wildman–Crippen LogP) is 1.47. The number of nitrogens with one attached hydrogen (secondary N) is 1. The Morgan fingerprint density at radius 3 is 2.07 bits per heavy atom. The summed E-state index contributed by atoms with van der Waals surface area (Å²) in [5.41, 5.74) is 0. The van der Waals surface area contributed by atoms with Crippen molar-refractivity contribution < 1.29 is 9.59 Å². The van der Waals surface area contributed by atoms with Gasteiger partial charge in [-0.3, -0.25) is 10.1 Å². The molecule has 0 spiro atoms. The second kappa shape index (κ2) is 4.64. The highest BCUT2D eigenvalue weighted by atomic mass is 16.2. The fraction of sp³-hybridized carbons (Fsp3) is 0.818. The van der Waals surface area contributed by atoms with E-state index in [0.717, 1.165) is 0 Å². The Hall–Kier alpha value is -1.06. The molecule has 1 N–H and O–H groups in total. The topological polar surface area (TPSA) is 49.4 Å². The van der Waals surface area contributed by atoms with E-state index < -0.39 is 0 Å². The third-order valence-electron chi connectivity index (χ3n) is 3.01. The van der Waals surface area contributed by atoms with Crippen molar-refractivity contribution in [2.75, 3.05) is 13.1 Å². The molecule has 1 fully saturated rings. The molecule has 0 bridgehead atoms. The summed E-state index contributed by atoms with van der Waals surface area (Å²) in [4.78, 5) is 24.0. The quantitative estimate of drug-likeness (QED) is 0.717. The summed E-state index contributed by atoms with van der Waals surface area (Å²) in [6.45, 7) is 9.50. The van der Waals surface area contributed by atoms with Crippen LogP contribution in [0, 0.1) is 17.8 Å². The van der Waals surface area contributed by atoms with Crippen molar-refractivity contribution in [3.05, 3.63) is 0 Å². The van der Waals surface area contributed by atoms with E-state index in [1.807, 2.05) is 0 Å². The first-order chi connectivity index (χ1) is 6.91. The number of amides is 3. The number of hydrogen-bond donors (Lipinski definition) is 1. The van der Waals surface area contributed by atoms with Crippen LogP contribution in [-0.2, 0) is 4.79 Å². The van der Waals surface area contributed by atoms with Gasteiger partial charge in [0.15, 0.2) is 0 Å². The summed E-state index contributed by atoms with van der Waals surface area (Å²) in [7, 11) is 0. The average molecular weight is 212 g/mol. The van der Waals surface area contributed by atoms with Gasteiger partial charge in [0.05, 0.1) is 0 Å². The molecule has 1 aliphatic heterocycles. The molecule has 1 aliphatic rings. The van der Waals surface area contributed by atoms with Crippen molar-refractivity contribution in [2.24, 2.45) is 17.8 Å². The van der Waals surface area contributed by atoms with E-state index in [-0.39, 0.29) is 18.5 Å². The van der Waals surface area contributed by atoms with Crippen LogP contribution in [-0.4, -0.2) is 29.9 Å². The molecule has 1 heterocycles. The summed E-state index contributed by atoms with van der Waals surface area (Å²) in [5, 5.41) is 2.30. The molecule has 0 radical (unpaired) electrons. The summed E-state index contributed by atoms with van der Waals surface area (Å²) in [6.07, 6.45) is 0. The van der Waals surface area contributed by atoms with Gasteiger partial charge in [-0.05, 0) is 17.8 Å². The lowest BCUT2D eigenvalue weighted by molar-refractivity contribution is -0.118. The summed E-state index contributed by atoms with van der Waals surface area (Å²) in [6, 6.07) is -0.244. The predicted molar refractivity (Wildman–Crippen MR) is 58.3 cm³/mol. The van der Waals surface area contributed by atoms with Crippen LogP contribution >= 0.6 is 0 Å². The normalized spacial score (nSPS) is 17.1. The van der Waals surface area contributed by atoms with Crippen LogP contribution in [0.3, 0.4) is 0 Å². The molecular formula is C11H20N2O2. The van der Waals surface area contributed by atoms with Gasteiger partial charge in [0, 0.05) is 6.54 Å². The monoisotopic (exact) mass is 212 g/mol. The average Bonchev–Trinajstić information content (AvgIpc) is 2.39. The van der Waals surface area contributed by atoms with E-state index in [2.05, 4.69) is 33.0 Å². The molecule has 0 unspecified atom stereocenters. The molecule has 0 aromatic heterocycles. The number of imide groups is 1. The van der Waals surface area contributed by atoms with Gasteiger partial charge in [-0.1, -0.05) is 27.7 Å². The molecule has 4 heteroatoms. The molecule has 86 valence electrons. The molecule has 15 heavy (non-hydrogen) atoms. The number of hydrogen-bond acceptors (Lipinski definition) is 2. The Labute approximate surface area is 91.0 Å². The molecular weight excluding hydrogens is 192 g/mol. The van der Waals surface area contributed by atoms with Gasteiger partial charge < -0.3 is 4.90 Å². The Kier molecular flexibility index (Phi) is 3.72. The summed E-state index contributed by atoms with van der Waals surface area (Å²) in [5.74, 6) is 1.30. The van der Waals surface area contributed by atoms with Gasteiger partial charge >= 0.3 is 6.03 Å². The Balaban J connectivity index is 2.59. The maximum atomic E-state index is 11.4. The van der Waals surface area contributed by atoms with E-state index >= 15 is 0 Å². The van der Waals surface area contributed by atoms with Gasteiger partial charge in [-0.25, -0.2) is 4.79 Å². The molecule has 0 aromatic carbocycles. The fourth-order valence-corrected chi connectivity index (χ4v) is 2.08. The highest BCUT2D eigenvalue weighted by molar-refractivity contribution is 6.01. The second-order valence-corrected chi connectivity index (χ2v) is 4.89. The smallest absolute Gasteiger partial charge is 0.315 e. The van der Waals surface area contributed by atoms with Crippen molar-refractivity contribution in [1.29, 1.82) is 0 Å². The minimum Gasteiger partial charge on any atom is -0.315 e. The molecule has 4 nitrogen and oxygen atoms in total. The molecule has 0 saturated carbocycles. The maximum absolute atomic E-state index is 11.4. The van der Waals surface area contributed by atoms with Crippen LogP contribution in [0.15, 0.2) is 0 Å². The highest BCUT2D eigenvalue weighted by Crippen LogP contribution is 2.22. The first-order valence-electron chi connectivity index (χ1n) is 5.50. The lowest BCUT2D eigenvalue weighted by atomic mass is 9.85. The van der Waals surface area contributed by atoms with E-state index in [9.17, 15) is 9.59 Å². The van der Waals surface area contributed by atoms with Crippen LogP contribution in [0.4, 0.5) is 4.79 Å². The van der Waals surface area contributed by atoms with Crippen molar-refractivity contribution in [3.8, 4) is 0 Å². The molecule has 1 saturated heterocycles. The molecule has 0 aromatic rings. The van der Waals surface area contributed by atoms with E-state index in [4.69, 9.17) is 0 Å². The zero-order valence-corrected chi connectivity index (χ0v) is 9.91. The third-order valence-corrected chi connectivity index (χ3v) is 3.01. The van der Waals surface area contributed by atoms with Crippen LogP contribution in [0.25, 0.3) is 0 Å². The molecule has 1 rings (SSSR count). The van der Waals surface area contributed by atoms with Crippen LogP contribution in [0.1, 0.15) is 27.7 Å². The second-order valence-electron chi connectivity index (χ2n) is 4.89. The standard InChI is InChI=1S/C11H20N2O2/c1-7(2)9(8(3)4)5-13-6-10(14)12-11(13)15/h7-9H,5-6H2,1-4H3,(H,12,14,15). The minimum absolute atomic E-state index is 0.189. The highest BCUT2D eigenvalue weighted by Gasteiger charge is 2.30. The fourth-order valence-electron chi connectivity index (χ4n) is 2.08. The Morgan fingerprint density at radius 1 is 1.20 bits per heavy atom. The minimum atomic E-state index is -0.244. The lowest BCUT2D eigenvalue weighted by Gasteiger charge is -2.28. The number of carbonyl (C=O) groups is 2. The summed E-state index contributed by atoms with van der Waals surface area (Å²) >= 11 is 0. The lowest BCUT2D eigenvalue weighted by Crippen LogP contribution is -2.36. The zero-order valence-electron chi connectivity index (χ0n) is 9.91. The van der Waals surface area contributed by atoms with Crippen LogP contribution in [0.2, 0.25) is 0 Å². The van der Waals surface area contributed by atoms with Crippen LogP contribution in [0.5, 0.6) is 0 Å². The maximum Gasteiger partial charge on any atom is 0.324 e. The number of carbonyl (C=O) groups excluding carboxylic acids is 2.